The molecule has 160 valence electrons. The maximum atomic E-state index is 12.8. The second-order valence-electron chi connectivity index (χ2n) is 7.78. The predicted octanol–water partition coefficient (Wildman–Crippen LogP) is 2.81. The number of carbonyl (C=O) groups excluding carboxylic acids is 2. The highest BCUT2D eigenvalue weighted by atomic mass is 16.5. The quantitative estimate of drug-likeness (QED) is 0.691. The van der Waals surface area contributed by atoms with Crippen molar-refractivity contribution in [1.29, 1.82) is 0 Å². The van der Waals surface area contributed by atoms with Gasteiger partial charge in [-0.15, -0.1) is 0 Å². The number of likely N-dealkylation sites (N-methyl/N-ethyl adjacent to an activating group) is 1. The summed E-state index contributed by atoms with van der Waals surface area (Å²) < 4.78 is 5.83. The van der Waals surface area contributed by atoms with E-state index in [-0.39, 0.29) is 17.7 Å². The van der Waals surface area contributed by atoms with Crippen molar-refractivity contribution >= 4 is 11.8 Å². The lowest BCUT2D eigenvalue weighted by Gasteiger charge is -2.31. The summed E-state index contributed by atoms with van der Waals surface area (Å²) in [6, 6.07) is 18.0. The molecule has 2 amide bonds. The third-order valence-corrected chi connectivity index (χ3v) is 5.63. The van der Waals surface area contributed by atoms with E-state index in [2.05, 4.69) is 4.90 Å². The summed E-state index contributed by atoms with van der Waals surface area (Å²) in [6.45, 7) is 5.63. The van der Waals surface area contributed by atoms with Crippen LogP contribution in [0.3, 0.4) is 0 Å². The molecule has 0 radical (unpaired) electrons. The summed E-state index contributed by atoms with van der Waals surface area (Å²) in [5.74, 6) is 0.641. The molecule has 1 fully saturated rings. The lowest BCUT2D eigenvalue weighted by molar-refractivity contribution is -0.133. The first-order chi connectivity index (χ1) is 14.5. The zero-order valence-corrected chi connectivity index (χ0v) is 17.6. The van der Waals surface area contributed by atoms with E-state index >= 15 is 0 Å². The summed E-state index contributed by atoms with van der Waals surface area (Å²) in [5, 5.41) is 0. The van der Waals surface area contributed by atoms with Gasteiger partial charge in [-0.05, 0) is 56.1 Å². The van der Waals surface area contributed by atoms with Gasteiger partial charge < -0.3 is 15.4 Å². The van der Waals surface area contributed by atoms with E-state index in [0.717, 1.165) is 42.8 Å². The molecule has 0 aliphatic carbocycles. The third kappa shape index (κ3) is 6.32. The Balaban J connectivity index is 1.47. The minimum atomic E-state index is -0.229. The normalized spacial score (nSPS) is 15.0. The van der Waals surface area contributed by atoms with E-state index in [1.807, 2.05) is 66.4 Å². The van der Waals surface area contributed by atoms with Crippen molar-refractivity contribution in [3.8, 4) is 5.75 Å². The Kier molecular flexibility index (Phi) is 7.85. The third-order valence-electron chi connectivity index (χ3n) is 5.63. The Morgan fingerprint density at radius 2 is 1.70 bits per heavy atom. The molecule has 0 spiro atoms. The number of nitrogens with zero attached hydrogens (tertiary/aromatic N) is 2. The second kappa shape index (κ2) is 10.8. The van der Waals surface area contributed by atoms with Gasteiger partial charge in [0.05, 0.1) is 6.54 Å². The molecule has 6 nitrogen and oxygen atoms in total. The molecule has 0 saturated carbocycles. The molecule has 30 heavy (non-hydrogen) atoms. The first-order valence-corrected chi connectivity index (χ1v) is 10.6. The van der Waals surface area contributed by atoms with Crippen molar-refractivity contribution in [3.05, 3.63) is 65.7 Å². The Hall–Kier alpha value is -2.86. The number of nitrogens with two attached hydrogens (primary N) is 1. The number of primary amides is 1. The molecule has 1 heterocycles. The Morgan fingerprint density at radius 1 is 1.03 bits per heavy atom. The molecule has 2 aromatic rings. The minimum absolute atomic E-state index is 0.0544. The van der Waals surface area contributed by atoms with Gasteiger partial charge in [-0.3, -0.25) is 14.5 Å². The number of ether oxygens (including phenoxy) is 1. The summed E-state index contributed by atoms with van der Waals surface area (Å²) in [7, 11) is 0. The molecule has 6 heteroatoms. The van der Waals surface area contributed by atoms with Gasteiger partial charge in [-0.2, -0.15) is 0 Å². The lowest BCUT2D eigenvalue weighted by Crippen LogP contribution is -2.44. The summed E-state index contributed by atoms with van der Waals surface area (Å²) in [4.78, 5) is 28.0. The molecular formula is C24H31N3O3. The van der Waals surface area contributed by atoms with Crippen molar-refractivity contribution in [2.45, 2.75) is 32.9 Å². The summed E-state index contributed by atoms with van der Waals surface area (Å²) in [6.07, 6.45) is 1.47. The molecular weight excluding hydrogens is 378 g/mol. The molecule has 2 N–H and O–H groups in total. The highest BCUT2D eigenvalue weighted by molar-refractivity contribution is 5.78. The summed E-state index contributed by atoms with van der Waals surface area (Å²) in [5.41, 5.74) is 7.59. The number of rotatable bonds is 9. The second-order valence-corrected chi connectivity index (χ2v) is 7.78. The van der Waals surface area contributed by atoms with Gasteiger partial charge >= 0.3 is 0 Å². The van der Waals surface area contributed by atoms with Crippen LogP contribution in [-0.4, -0.2) is 47.8 Å². The van der Waals surface area contributed by atoms with Crippen LogP contribution in [0.25, 0.3) is 0 Å². The monoisotopic (exact) mass is 409 g/mol. The highest BCUT2D eigenvalue weighted by Crippen LogP contribution is 2.18. The molecule has 1 aliphatic heterocycles. The van der Waals surface area contributed by atoms with E-state index in [9.17, 15) is 9.59 Å². The molecule has 0 atom stereocenters. The summed E-state index contributed by atoms with van der Waals surface area (Å²) >= 11 is 0. The molecule has 3 rings (SSSR count). The standard InChI is InChI=1S/C24H31N3O3/c1-2-27(23(28)17-26-14-12-21(13-15-26)24(25)29)16-19-8-10-22(11-9-19)30-18-20-6-4-3-5-7-20/h3-11,21H,2,12-18H2,1H3,(H2,25,29). The van der Waals surface area contributed by atoms with Gasteiger partial charge in [0.15, 0.2) is 0 Å². The minimum Gasteiger partial charge on any atom is -0.489 e. The van der Waals surface area contributed by atoms with Crippen LogP contribution in [-0.2, 0) is 22.7 Å². The number of hydrogen-bond acceptors (Lipinski definition) is 4. The van der Waals surface area contributed by atoms with E-state index in [1.165, 1.54) is 0 Å². The van der Waals surface area contributed by atoms with Gasteiger partial charge in [-0.25, -0.2) is 0 Å². The van der Waals surface area contributed by atoms with Gasteiger partial charge in [-0.1, -0.05) is 42.5 Å². The van der Waals surface area contributed by atoms with E-state index in [1.54, 1.807) is 0 Å². The maximum absolute atomic E-state index is 12.8. The maximum Gasteiger partial charge on any atom is 0.237 e. The number of piperidine rings is 1. The molecule has 2 aromatic carbocycles. The average Bonchev–Trinajstić information content (AvgIpc) is 2.78. The smallest absolute Gasteiger partial charge is 0.237 e. The number of amides is 2. The van der Waals surface area contributed by atoms with Crippen molar-refractivity contribution in [3.63, 3.8) is 0 Å². The lowest BCUT2D eigenvalue weighted by atomic mass is 9.96. The fraction of sp³-hybridized carbons (Fsp3) is 0.417. The number of likely N-dealkylation sites (tertiary alicyclic amines) is 1. The van der Waals surface area contributed by atoms with Crippen molar-refractivity contribution in [2.24, 2.45) is 11.7 Å². The van der Waals surface area contributed by atoms with Crippen LogP contribution in [0.4, 0.5) is 0 Å². The van der Waals surface area contributed by atoms with Crippen LogP contribution in [0, 0.1) is 5.92 Å². The largest absolute Gasteiger partial charge is 0.489 e. The van der Waals surface area contributed by atoms with E-state index in [4.69, 9.17) is 10.5 Å². The number of hydrogen-bond donors (Lipinski definition) is 1. The van der Waals surface area contributed by atoms with Crippen molar-refractivity contribution < 1.29 is 14.3 Å². The Labute approximate surface area is 178 Å². The zero-order valence-electron chi connectivity index (χ0n) is 17.6. The van der Waals surface area contributed by atoms with Gasteiger partial charge in [0.25, 0.3) is 0 Å². The van der Waals surface area contributed by atoms with Crippen LogP contribution in [0.5, 0.6) is 5.75 Å². The predicted molar refractivity (Wildman–Crippen MR) is 117 cm³/mol. The Bertz CT molecular complexity index is 815. The molecule has 1 aliphatic rings. The fourth-order valence-corrected chi connectivity index (χ4v) is 3.70. The van der Waals surface area contributed by atoms with Crippen LogP contribution < -0.4 is 10.5 Å². The van der Waals surface area contributed by atoms with Crippen LogP contribution >= 0.6 is 0 Å². The van der Waals surface area contributed by atoms with E-state index < -0.39 is 0 Å². The van der Waals surface area contributed by atoms with Crippen LogP contribution in [0.2, 0.25) is 0 Å². The Morgan fingerprint density at radius 3 is 2.30 bits per heavy atom. The van der Waals surface area contributed by atoms with Crippen LogP contribution in [0.1, 0.15) is 30.9 Å². The van der Waals surface area contributed by atoms with Gasteiger partial charge in [0, 0.05) is 19.0 Å². The fourth-order valence-electron chi connectivity index (χ4n) is 3.70. The van der Waals surface area contributed by atoms with Crippen molar-refractivity contribution in [2.75, 3.05) is 26.2 Å². The molecule has 0 bridgehead atoms. The first-order valence-electron chi connectivity index (χ1n) is 10.6. The first kappa shape index (κ1) is 21.8. The molecule has 0 unspecified atom stereocenters. The SMILES string of the molecule is CCN(Cc1ccc(OCc2ccccc2)cc1)C(=O)CN1CCC(C(N)=O)CC1. The van der Waals surface area contributed by atoms with Gasteiger partial charge in [0.2, 0.25) is 11.8 Å². The van der Waals surface area contributed by atoms with Crippen molar-refractivity contribution in [1.82, 2.24) is 9.80 Å². The zero-order chi connectivity index (χ0) is 21.3. The number of benzene rings is 2. The highest BCUT2D eigenvalue weighted by Gasteiger charge is 2.25. The van der Waals surface area contributed by atoms with E-state index in [0.29, 0.717) is 26.2 Å². The topological polar surface area (TPSA) is 75.9 Å². The number of carbonyl (C=O) groups is 2. The molecule has 0 aromatic heterocycles. The average molecular weight is 410 g/mol. The van der Waals surface area contributed by atoms with Crippen LogP contribution in [0.15, 0.2) is 54.6 Å². The van der Waals surface area contributed by atoms with Gasteiger partial charge in [0.1, 0.15) is 12.4 Å². The molecule has 1 saturated heterocycles.